The van der Waals surface area contributed by atoms with E-state index in [1.54, 1.807) is 35.2 Å². The summed E-state index contributed by atoms with van der Waals surface area (Å²) in [4.78, 5) is 7.97. The molecule has 1 aliphatic carbocycles. The molecule has 0 fully saturated rings. The number of allylic oxidation sites excluding steroid dienone is 4. The van der Waals surface area contributed by atoms with Crippen LogP contribution in [-0.2, 0) is 6.42 Å². The smallest absolute Gasteiger partial charge is 0.203 e. The van der Waals surface area contributed by atoms with Crippen molar-refractivity contribution in [2.45, 2.75) is 32.1 Å². The minimum atomic E-state index is -0.446. The van der Waals surface area contributed by atoms with E-state index < -0.39 is 5.92 Å². The standard InChI is InChI=1S/C30H25F2N7O/c1-19-2-12-28(38-18-34-36-37-38)25(14-19)22-7-13-29(39(40)17-22)26(15-20-3-8-23(31)9-4-20)30-33-16-27(35-30)21-5-10-24(32)11-6-21/h2-5,7-10,12-14,16-18,26H,6,11,15H2,1H3,(H,33,35). The van der Waals surface area contributed by atoms with Gasteiger partial charge in [0.15, 0.2) is 6.20 Å². The third-order valence-electron chi connectivity index (χ3n) is 7.08. The first kappa shape index (κ1) is 25.3. The highest BCUT2D eigenvalue weighted by molar-refractivity contribution is 5.72. The molecule has 0 radical (unpaired) electrons. The fraction of sp³-hybridized carbons (Fsp3) is 0.167. The SMILES string of the molecule is Cc1ccc(-n2cnnn2)c(-c2ccc(C(Cc3ccc(F)cc3)c3ncc(C4=CC=C(F)CC4)[nH]3)[n+]([O-])c2)c1. The molecule has 0 spiro atoms. The molecule has 1 unspecified atom stereocenters. The van der Waals surface area contributed by atoms with E-state index in [1.165, 1.54) is 30.7 Å². The van der Waals surface area contributed by atoms with Crippen LogP contribution in [0.25, 0.3) is 22.4 Å². The van der Waals surface area contributed by atoms with Crippen LogP contribution >= 0.6 is 0 Å². The van der Waals surface area contributed by atoms with Gasteiger partial charge in [0.05, 0.1) is 17.6 Å². The Kier molecular flexibility index (Phi) is 6.73. The van der Waals surface area contributed by atoms with Crippen molar-refractivity contribution < 1.29 is 13.5 Å². The van der Waals surface area contributed by atoms with Crippen LogP contribution in [0.15, 0.2) is 91.3 Å². The number of aromatic nitrogens is 7. The molecule has 1 atom stereocenters. The maximum atomic E-state index is 13.6. The summed E-state index contributed by atoms with van der Waals surface area (Å²) >= 11 is 0. The molecule has 2 aromatic carbocycles. The third-order valence-corrected chi connectivity index (χ3v) is 7.08. The fourth-order valence-corrected chi connectivity index (χ4v) is 4.98. The van der Waals surface area contributed by atoms with Crippen molar-refractivity contribution in [3.8, 4) is 16.8 Å². The van der Waals surface area contributed by atoms with Crippen LogP contribution in [0, 0.1) is 17.9 Å². The number of aryl methyl sites for hydroxylation is 1. The highest BCUT2D eigenvalue weighted by Crippen LogP contribution is 2.32. The van der Waals surface area contributed by atoms with E-state index in [9.17, 15) is 14.0 Å². The lowest BCUT2D eigenvalue weighted by atomic mass is 9.93. The van der Waals surface area contributed by atoms with E-state index in [1.807, 2.05) is 31.2 Å². The molecule has 3 aromatic heterocycles. The molecule has 5 aromatic rings. The molecule has 0 amide bonds. The van der Waals surface area contributed by atoms with Gasteiger partial charge < -0.3 is 10.2 Å². The first-order chi connectivity index (χ1) is 19.4. The van der Waals surface area contributed by atoms with E-state index in [2.05, 4.69) is 25.5 Å². The Bertz CT molecular complexity index is 1720. The molecule has 6 rings (SSSR count). The van der Waals surface area contributed by atoms with Crippen molar-refractivity contribution >= 4 is 5.57 Å². The third kappa shape index (κ3) is 5.15. The summed E-state index contributed by atoms with van der Waals surface area (Å²) in [5.41, 5.74) is 6.34. The molecule has 0 saturated heterocycles. The van der Waals surface area contributed by atoms with Crippen LogP contribution in [0.3, 0.4) is 0 Å². The molecule has 1 N–H and O–H groups in total. The Morgan fingerprint density at radius 2 is 1.90 bits per heavy atom. The number of rotatable bonds is 7. The van der Waals surface area contributed by atoms with Crippen LogP contribution in [0.4, 0.5) is 8.78 Å². The van der Waals surface area contributed by atoms with Gasteiger partial charge in [-0.25, -0.2) is 13.8 Å². The zero-order valence-electron chi connectivity index (χ0n) is 21.6. The predicted molar refractivity (Wildman–Crippen MR) is 145 cm³/mol. The topological polar surface area (TPSA) is 99.2 Å². The van der Waals surface area contributed by atoms with E-state index in [0.717, 1.165) is 38.4 Å². The van der Waals surface area contributed by atoms with Crippen LogP contribution in [-0.4, -0.2) is 30.2 Å². The Labute approximate surface area is 228 Å². The Morgan fingerprint density at radius 1 is 1.05 bits per heavy atom. The van der Waals surface area contributed by atoms with Gasteiger partial charge in [-0.05, 0) is 77.7 Å². The second-order valence-corrected chi connectivity index (χ2v) is 9.81. The highest BCUT2D eigenvalue weighted by Gasteiger charge is 2.27. The number of benzene rings is 2. The highest BCUT2D eigenvalue weighted by atomic mass is 19.1. The molecule has 8 nitrogen and oxygen atoms in total. The predicted octanol–water partition coefficient (Wildman–Crippen LogP) is 5.54. The molecular formula is C30H25F2N7O. The van der Waals surface area contributed by atoms with Gasteiger partial charge in [0.1, 0.15) is 29.7 Å². The van der Waals surface area contributed by atoms with Gasteiger partial charge in [0.25, 0.3) is 0 Å². The van der Waals surface area contributed by atoms with Crippen molar-refractivity contribution in [1.29, 1.82) is 0 Å². The van der Waals surface area contributed by atoms with Gasteiger partial charge in [-0.3, -0.25) is 0 Å². The molecule has 0 saturated carbocycles. The molecule has 0 bridgehead atoms. The van der Waals surface area contributed by atoms with Crippen molar-refractivity contribution in [2.24, 2.45) is 0 Å². The minimum Gasteiger partial charge on any atom is -0.618 e. The van der Waals surface area contributed by atoms with Crippen LogP contribution in [0.5, 0.6) is 0 Å². The molecule has 3 heterocycles. The van der Waals surface area contributed by atoms with E-state index in [0.29, 0.717) is 36.3 Å². The Balaban J connectivity index is 1.40. The van der Waals surface area contributed by atoms with Crippen LogP contribution in [0.1, 0.15) is 47.1 Å². The number of nitrogens with zero attached hydrogens (tertiary/aromatic N) is 6. The number of H-pyrrole nitrogens is 1. The maximum Gasteiger partial charge on any atom is 0.203 e. The lowest BCUT2D eigenvalue weighted by Crippen LogP contribution is -2.34. The van der Waals surface area contributed by atoms with E-state index in [4.69, 9.17) is 0 Å². The quantitative estimate of drug-likeness (QED) is 0.217. The van der Waals surface area contributed by atoms with Gasteiger partial charge >= 0.3 is 0 Å². The normalized spacial score (nSPS) is 14.1. The van der Waals surface area contributed by atoms with Crippen molar-refractivity contribution in [1.82, 2.24) is 30.2 Å². The summed E-state index contributed by atoms with van der Waals surface area (Å²) in [6.45, 7) is 1.98. The molecule has 10 heteroatoms. The van der Waals surface area contributed by atoms with Crippen molar-refractivity contribution in [3.63, 3.8) is 0 Å². The number of nitrogens with one attached hydrogen (secondary N) is 1. The monoisotopic (exact) mass is 537 g/mol. The lowest BCUT2D eigenvalue weighted by Gasteiger charge is -2.17. The van der Waals surface area contributed by atoms with Gasteiger partial charge in [-0.1, -0.05) is 29.8 Å². The molecular weight excluding hydrogens is 512 g/mol. The van der Waals surface area contributed by atoms with Crippen LogP contribution in [0.2, 0.25) is 0 Å². The summed E-state index contributed by atoms with van der Waals surface area (Å²) in [5.74, 6) is -0.330. The molecule has 1 aliphatic rings. The first-order valence-corrected chi connectivity index (χ1v) is 12.9. The number of imidazole rings is 1. The van der Waals surface area contributed by atoms with Crippen molar-refractivity contribution in [2.75, 3.05) is 0 Å². The number of pyridine rings is 1. The number of hydrogen-bond donors (Lipinski definition) is 1. The van der Waals surface area contributed by atoms with Gasteiger partial charge in [-0.15, -0.1) is 5.10 Å². The Morgan fingerprint density at radius 3 is 2.62 bits per heavy atom. The Hall–Kier alpha value is -4.99. The van der Waals surface area contributed by atoms with Crippen molar-refractivity contribution in [3.05, 3.63) is 131 Å². The zero-order valence-corrected chi connectivity index (χ0v) is 21.6. The summed E-state index contributed by atoms with van der Waals surface area (Å²) in [5, 5.41) is 25.1. The average Bonchev–Trinajstić information content (AvgIpc) is 3.67. The van der Waals surface area contributed by atoms with Gasteiger partial charge in [0, 0.05) is 23.6 Å². The van der Waals surface area contributed by atoms with E-state index >= 15 is 0 Å². The first-order valence-electron chi connectivity index (χ1n) is 12.9. The summed E-state index contributed by atoms with van der Waals surface area (Å²) < 4.78 is 29.6. The van der Waals surface area contributed by atoms with Gasteiger partial charge in [-0.2, -0.15) is 9.41 Å². The minimum absolute atomic E-state index is 0.151. The number of hydrogen-bond acceptors (Lipinski definition) is 5. The van der Waals surface area contributed by atoms with Crippen LogP contribution < -0.4 is 4.73 Å². The second-order valence-electron chi connectivity index (χ2n) is 9.81. The maximum absolute atomic E-state index is 13.6. The summed E-state index contributed by atoms with van der Waals surface area (Å²) in [7, 11) is 0. The largest absolute Gasteiger partial charge is 0.618 e. The molecule has 200 valence electrons. The number of tetrazole rings is 1. The number of halogens is 2. The second kappa shape index (κ2) is 10.6. The van der Waals surface area contributed by atoms with Gasteiger partial charge in [0.2, 0.25) is 5.69 Å². The van der Waals surface area contributed by atoms with E-state index in [-0.39, 0.29) is 11.6 Å². The summed E-state index contributed by atoms with van der Waals surface area (Å²) in [6, 6.07) is 15.8. The summed E-state index contributed by atoms with van der Waals surface area (Å²) in [6.07, 6.45) is 9.29. The molecule has 40 heavy (non-hydrogen) atoms. The number of aromatic amines is 1. The zero-order chi connectivity index (χ0) is 27.6. The lowest BCUT2D eigenvalue weighted by molar-refractivity contribution is -0.614. The molecule has 0 aliphatic heterocycles. The average molecular weight is 538 g/mol. The fourth-order valence-electron chi connectivity index (χ4n) is 4.98.